The van der Waals surface area contributed by atoms with Crippen LogP contribution in [-0.4, -0.2) is 29.4 Å². The summed E-state index contributed by atoms with van der Waals surface area (Å²) in [5.74, 6) is 0.941. The van der Waals surface area contributed by atoms with Crippen LogP contribution in [0.1, 0.15) is 30.6 Å². The molecule has 0 radical (unpaired) electrons. The Hall–Kier alpha value is -2.52. The van der Waals surface area contributed by atoms with Crippen molar-refractivity contribution in [1.29, 1.82) is 0 Å². The second-order valence-corrected chi connectivity index (χ2v) is 11.0. The molecule has 2 heterocycles. The molecule has 178 valence electrons. The Morgan fingerprint density at radius 3 is 2.62 bits per heavy atom. The van der Waals surface area contributed by atoms with Crippen LogP contribution in [0.25, 0.3) is 10.4 Å². The van der Waals surface area contributed by atoms with Gasteiger partial charge in [0, 0.05) is 26.9 Å². The highest BCUT2D eigenvalue weighted by molar-refractivity contribution is 8.00. The first-order valence-corrected chi connectivity index (χ1v) is 13.1. The van der Waals surface area contributed by atoms with Gasteiger partial charge in [0.2, 0.25) is 5.91 Å². The van der Waals surface area contributed by atoms with E-state index in [-0.39, 0.29) is 29.6 Å². The van der Waals surface area contributed by atoms with Gasteiger partial charge in [0.1, 0.15) is 5.75 Å². The quantitative estimate of drug-likeness (QED) is 0.249. The Labute approximate surface area is 211 Å². The van der Waals surface area contributed by atoms with Crippen molar-refractivity contribution in [2.24, 2.45) is 0 Å². The first kappa shape index (κ1) is 24.6. The fourth-order valence-electron chi connectivity index (χ4n) is 3.94. The number of hydrogen-bond acceptors (Lipinski definition) is 6. The molecule has 9 heteroatoms. The molecule has 1 atom stereocenters. The minimum absolute atomic E-state index is 0.109. The number of hydroxylamine groups is 1. The lowest BCUT2D eigenvalue weighted by Crippen LogP contribution is -2.32. The van der Waals surface area contributed by atoms with Gasteiger partial charge in [0.05, 0.1) is 4.75 Å². The number of benzene rings is 2. The van der Waals surface area contributed by atoms with Crippen LogP contribution in [0, 0.1) is 0 Å². The number of ether oxygens (including phenoxy) is 1. The van der Waals surface area contributed by atoms with Crippen LogP contribution in [0.3, 0.4) is 0 Å². The lowest BCUT2D eigenvalue weighted by Gasteiger charge is -2.35. The van der Waals surface area contributed by atoms with E-state index in [9.17, 15) is 9.59 Å². The third kappa shape index (κ3) is 6.13. The third-order valence-corrected chi connectivity index (χ3v) is 8.93. The number of carbonyl (C=O) groups is 2. The average molecular weight is 517 g/mol. The topological polar surface area (TPSA) is 87.7 Å². The molecule has 1 aliphatic heterocycles. The summed E-state index contributed by atoms with van der Waals surface area (Å²) in [5.41, 5.74) is 3.45. The zero-order valence-corrected chi connectivity index (χ0v) is 20.8. The number of rotatable bonds is 8. The summed E-state index contributed by atoms with van der Waals surface area (Å²) in [4.78, 5) is 26.6. The minimum Gasteiger partial charge on any atom is -0.484 e. The van der Waals surface area contributed by atoms with Crippen LogP contribution in [-0.2, 0) is 14.3 Å². The molecule has 0 saturated carbocycles. The zero-order chi connectivity index (χ0) is 24.0. The average Bonchev–Trinajstić information content (AvgIpc) is 3.36. The maximum atomic E-state index is 12.4. The molecule has 4 rings (SSSR count). The highest BCUT2D eigenvalue weighted by atomic mass is 35.5. The van der Waals surface area contributed by atoms with Crippen LogP contribution < -0.4 is 15.5 Å². The largest absolute Gasteiger partial charge is 0.484 e. The van der Waals surface area contributed by atoms with E-state index in [1.807, 2.05) is 24.3 Å². The molecule has 0 spiro atoms. The Morgan fingerprint density at radius 2 is 1.88 bits per heavy atom. The minimum atomic E-state index is -0.366. The number of anilines is 1. The van der Waals surface area contributed by atoms with Crippen molar-refractivity contribution in [3.63, 3.8) is 0 Å². The number of carbonyl (C=O) groups excluding carboxylic acids is 2. The van der Waals surface area contributed by atoms with Crippen LogP contribution in [0.2, 0.25) is 5.02 Å². The zero-order valence-electron chi connectivity index (χ0n) is 18.4. The number of amides is 2. The van der Waals surface area contributed by atoms with Crippen molar-refractivity contribution in [2.45, 2.75) is 30.4 Å². The molecule has 1 fully saturated rings. The van der Waals surface area contributed by atoms with E-state index in [1.165, 1.54) is 0 Å². The van der Waals surface area contributed by atoms with Gasteiger partial charge in [-0.15, -0.1) is 23.1 Å². The van der Waals surface area contributed by atoms with E-state index in [2.05, 4.69) is 17.4 Å². The SMILES string of the molecule is O=C(C[C@]1(c2ccc(-c3cccc(NC(=O)COc4ccc(Cl)cc4)c3)s2)CCCCS1)NO. The number of halogens is 1. The maximum absolute atomic E-state index is 12.4. The molecule has 6 nitrogen and oxygen atoms in total. The molecule has 0 unspecified atom stereocenters. The summed E-state index contributed by atoms with van der Waals surface area (Å²) < 4.78 is 5.19. The van der Waals surface area contributed by atoms with Gasteiger partial charge in [-0.3, -0.25) is 14.8 Å². The molecule has 0 aliphatic carbocycles. The molecule has 3 aromatic rings. The molecular formula is C25H25ClN2O4S2. The van der Waals surface area contributed by atoms with Gasteiger partial charge in [-0.2, -0.15) is 0 Å². The van der Waals surface area contributed by atoms with Gasteiger partial charge in [-0.25, -0.2) is 5.48 Å². The Kier molecular flexibility index (Phi) is 8.15. The van der Waals surface area contributed by atoms with E-state index >= 15 is 0 Å². The predicted molar refractivity (Wildman–Crippen MR) is 138 cm³/mol. The summed E-state index contributed by atoms with van der Waals surface area (Å²) in [7, 11) is 0. The smallest absolute Gasteiger partial charge is 0.262 e. The molecular weight excluding hydrogens is 492 g/mol. The first-order chi connectivity index (χ1) is 16.5. The van der Waals surface area contributed by atoms with Gasteiger partial charge >= 0.3 is 0 Å². The molecule has 2 aromatic carbocycles. The van der Waals surface area contributed by atoms with Gasteiger partial charge < -0.3 is 10.1 Å². The molecule has 3 N–H and O–H groups in total. The molecule has 2 amide bonds. The number of hydrogen-bond donors (Lipinski definition) is 3. The van der Waals surface area contributed by atoms with E-state index in [0.29, 0.717) is 16.5 Å². The third-order valence-electron chi connectivity index (χ3n) is 5.59. The molecule has 1 saturated heterocycles. The first-order valence-electron chi connectivity index (χ1n) is 10.9. The number of thiophene rings is 1. The van der Waals surface area contributed by atoms with Crippen LogP contribution in [0.15, 0.2) is 60.7 Å². The molecule has 0 bridgehead atoms. The van der Waals surface area contributed by atoms with Crippen molar-refractivity contribution in [1.82, 2.24) is 5.48 Å². The van der Waals surface area contributed by atoms with Crippen LogP contribution in [0.4, 0.5) is 5.69 Å². The van der Waals surface area contributed by atoms with Gasteiger partial charge in [0.15, 0.2) is 6.61 Å². The standard InChI is InChI=1S/C25H25ClN2O4S2/c26-18-6-8-20(9-7-18)32-16-24(30)27-19-5-3-4-17(14-19)21-10-11-22(34-21)25(15-23(29)28-31)12-1-2-13-33-25/h3-11,14,31H,1-2,12-13,15-16H2,(H,27,30)(H,28,29)/t25-/m0/s1. The van der Waals surface area contributed by atoms with Crippen molar-refractivity contribution < 1.29 is 19.5 Å². The van der Waals surface area contributed by atoms with Crippen molar-refractivity contribution in [3.8, 4) is 16.2 Å². The van der Waals surface area contributed by atoms with Crippen LogP contribution >= 0.6 is 34.7 Å². The lowest BCUT2D eigenvalue weighted by molar-refractivity contribution is -0.129. The van der Waals surface area contributed by atoms with Crippen LogP contribution in [0.5, 0.6) is 5.75 Å². The van der Waals surface area contributed by atoms with Gasteiger partial charge in [0.25, 0.3) is 5.91 Å². The highest BCUT2D eigenvalue weighted by Crippen LogP contribution is 2.50. The van der Waals surface area contributed by atoms with E-state index in [4.69, 9.17) is 21.5 Å². The fourth-order valence-corrected chi connectivity index (χ4v) is 6.95. The fraction of sp³-hybridized carbons (Fsp3) is 0.280. The lowest BCUT2D eigenvalue weighted by atomic mass is 9.94. The summed E-state index contributed by atoms with van der Waals surface area (Å²) in [6.45, 7) is -0.109. The summed E-state index contributed by atoms with van der Waals surface area (Å²) >= 11 is 9.31. The van der Waals surface area contributed by atoms with Gasteiger partial charge in [-0.1, -0.05) is 30.2 Å². The van der Waals surface area contributed by atoms with Gasteiger partial charge in [-0.05, 0) is 72.7 Å². The second kappa shape index (κ2) is 11.3. The Morgan fingerprint density at radius 1 is 1.06 bits per heavy atom. The predicted octanol–water partition coefficient (Wildman–Crippen LogP) is 6.09. The highest BCUT2D eigenvalue weighted by Gasteiger charge is 2.38. The van der Waals surface area contributed by atoms with E-state index in [1.54, 1.807) is 52.8 Å². The normalized spacial score (nSPS) is 17.7. The molecule has 34 heavy (non-hydrogen) atoms. The maximum Gasteiger partial charge on any atom is 0.262 e. The van der Waals surface area contributed by atoms with Crippen molar-refractivity contribution in [2.75, 3.05) is 17.7 Å². The summed E-state index contributed by atoms with van der Waals surface area (Å²) in [6.07, 6.45) is 3.33. The second-order valence-electron chi connectivity index (χ2n) is 8.05. The van der Waals surface area contributed by atoms with E-state index in [0.717, 1.165) is 40.3 Å². The molecule has 1 aromatic heterocycles. The summed E-state index contributed by atoms with van der Waals surface area (Å²) in [6, 6.07) is 18.6. The molecule has 1 aliphatic rings. The number of thioether (sulfide) groups is 1. The van der Waals surface area contributed by atoms with E-state index < -0.39 is 0 Å². The van der Waals surface area contributed by atoms with Crippen molar-refractivity contribution in [3.05, 3.63) is 70.6 Å². The summed E-state index contributed by atoms with van der Waals surface area (Å²) in [5, 5.41) is 12.6. The van der Waals surface area contributed by atoms with Crippen molar-refractivity contribution >= 4 is 52.2 Å². The Bertz CT molecular complexity index is 1140. The monoisotopic (exact) mass is 516 g/mol. The number of nitrogens with one attached hydrogen (secondary N) is 2. The Balaban J connectivity index is 1.44.